The quantitative estimate of drug-likeness (QED) is 0.883. The average Bonchev–Trinajstić information content (AvgIpc) is 2.42. The van der Waals surface area contributed by atoms with E-state index in [2.05, 4.69) is 39.2 Å². The van der Waals surface area contributed by atoms with E-state index in [0.717, 1.165) is 15.1 Å². The third-order valence-corrected chi connectivity index (χ3v) is 4.16. The SMILES string of the molecule is CNC(c1ccc(Br)cc1Cl)C(C)c1ccncc1. The van der Waals surface area contributed by atoms with Gasteiger partial charge in [-0.15, -0.1) is 0 Å². The van der Waals surface area contributed by atoms with Crippen molar-refractivity contribution in [1.29, 1.82) is 0 Å². The average molecular weight is 340 g/mol. The number of halogens is 2. The molecule has 1 aromatic heterocycles. The Kier molecular flexibility index (Phi) is 4.97. The second kappa shape index (κ2) is 6.51. The monoisotopic (exact) mass is 338 g/mol. The van der Waals surface area contributed by atoms with Gasteiger partial charge >= 0.3 is 0 Å². The van der Waals surface area contributed by atoms with Crippen LogP contribution in [0.2, 0.25) is 5.02 Å². The molecule has 2 nitrogen and oxygen atoms in total. The molecule has 100 valence electrons. The fourth-order valence-corrected chi connectivity index (χ4v) is 3.08. The van der Waals surface area contributed by atoms with Gasteiger partial charge in [-0.2, -0.15) is 0 Å². The molecular weight excluding hydrogens is 324 g/mol. The molecule has 0 aliphatic rings. The molecule has 0 saturated heterocycles. The number of hydrogen-bond acceptors (Lipinski definition) is 2. The molecule has 2 unspecified atom stereocenters. The third-order valence-electron chi connectivity index (χ3n) is 3.34. The Labute approximate surface area is 127 Å². The minimum Gasteiger partial charge on any atom is -0.312 e. The van der Waals surface area contributed by atoms with E-state index in [1.54, 1.807) is 0 Å². The lowest BCUT2D eigenvalue weighted by atomic mass is 9.89. The Balaban J connectivity index is 2.34. The highest BCUT2D eigenvalue weighted by atomic mass is 79.9. The zero-order valence-electron chi connectivity index (χ0n) is 10.9. The van der Waals surface area contributed by atoms with Crippen LogP contribution >= 0.6 is 27.5 Å². The molecule has 0 bridgehead atoms. The highest BCUT2D eigenvalue weighted by Gasteiger charge is 2.21. The highest BCUT2D eigenvalue weighted by Crippen LogP contribution is 2.35. The van der Waals surface area contributed by atoms with Crippen LogP contribution in [0.15, 0.2) is 47.2 Å². The topological polar surface area (TPSA) is 24.9 Å². The first kappa shape index (κ1) is 14.5. The Hall–Kier alpha value is -0.900. The van der Waals surface area contributed by atoms with Gasteiger partial charge in [0.05, 0.1) is 0 Å². The van der Waals surface area contributed by atoms with Crippen LogP contribution in [0.1, 0.15) is 30.0 Å². The van der Waals surface area contributed by atoms with E-state index in [-0.39, 0.29) is 6.04 Å². The third kappa shape index (κ3) is 3.35. The molecule has 0 spiro atoms. The number of hydrogen-bond donors (Lipinski definition) is 1. The summed E-state index contributed by atoms with van der Waals surface area (Å²) in [5.41, 5.74) is 2.35. The van der Waals surface area contributed by atoms with Crippen molar-refractivity contribution in [1.82, 2.24) is 10.3 Å². The lowest BCUT2D eigenvalue weighted by Gasteiger charge is -2.25. The van der Waals surface area contributed by atoms with Crippen molar-refractivity contribution >= 4 is 27.5 Å². The molecule has 1 aromatic carbocycles. The predicted molar refractivity (Wildman–Crippen MR) is 83.6 cm³/mol. The Morgan fingerprint density at radius 2 is 1.89 bits per heavy atom. The number of nitrogens with zero attached hydrogens (tertiary/aromatic N) is 1. The Bertz CT molecular complexity index is 545. The van der Waals surface area contributed by atoms with Crippen LogP contribution in [0, 0.1) is 0 Å². The van der Waals surface area contributed by atoms with E-state index in [1.165, 1.54) is 5.56 Å². The lowest BCUT2D eigenvalue weighted by Crippen LogP contribution is -2.22. The first-order valence-corrected chi connectivity index (χ1v) is 7.32. The van der Waals surface area contributed by atoms with E-state index >= 15 is 0 Å². The minimum atomic E-state index is 0.169. The van der Waals surface area contributed by atoms with Crippen LogP contribution in [-0.4, -0.2) is 12.0 Å². The van der Waals surface area contributed by atoms with Crippen molar-refractivity contribution in [3.63, 3.8) is 0 Å². The maximum Gasteiger partial charge on any atom is 0.0465 e. The fourth-order valence-electron chi connectivity index (χ4n) is 2.29. The van der Waals surface area contributed by atoms with Crippen molar-refractivity contribution in [2.75, 3.05) is 7.05 Å². The molecule has 4 heteroatoms. The van der Waals surface area contributed by atoms with Gasteiger partial charge in [0, 0.05) is 33.8 Å². The number of benzene rings is 1. The van der Waals surface area contributed by atoms with Crippen LogP contribution in [0.4, 0.5) is 0 Å². The highest BCUT2D eigenvalue weighted by molar-refractivity contribution is 9.10. The number of nitrogens with one attached hydrogen (secondary N) is 1. The predicted octanol–water partition coefficient (Wildman–Crippen LogP) is 4.56. The maximum absolute atomic E-state index is 6.35. The lowest BCUT2D eigenvalue weighted by molar-refractivity contribution is 0.507. The zero-order chi connectivity index (χ0) is 13.8. The van der Waals surface area contributed by atoms with Gasteiger partial charge in [-0.1, -0.05) is 40.5 Å². The summed E-state index contributed by atoms with van der Waals surface area (Å²) in [6.45, 7) is 2.19. The largest absolute Gasteiger partial charge is 0.312 e. The van der Waals surface area contributed by atoms with Crippen molar-refractivity contribution in [3.8, 4) is 0 Å². The second-order valence-corrected chi connectivity index (χ2v) is 5.82. The summed E-state index contributed by atoms with van der Waals surface area (Å²) in [5, 5.41) is 4.13. The maximum atomic E-state index is 6.35. The zero-order valence-corrected chi connectivity index (χ0v) is 13.2. The summed E-state index contributed by atoms with van der Waals surface area (Å²) in [6, 6.07) is 10.3. The van der Waals surface area contributed by atoms with Crippen molar-refractivity contribution in [3.05, 3.63) is 63.3 Å². The second-order valence-electron chi connectivity index (χ2n) is 4.50. The molecule has 0 aliphatic carbocycles. The summed E-state index contributed by atoms with van der Waals surface area (Å²) in [4.78, 5) is 4.06. The van der Waals surface area contributed by atoms with Gasteiger partial charge in [0.1, 0.15) is 0 Å². The summed E-state index contributed by atoms with van der Waals surface area (Å²) >= 11 is 9.79. The summed E-state index contributed by atoms with van der Waals surface area (Å²) < 4.78 is 0.993. The van der Waals surface area contributed by atoms with Gasteiger partial charge in [0.15, 0.2) is 0 Å². The van der Waals surface area contributed by atoms with E-state index in [4.69, 9.17) is 11.6 Å². The Morgan fingerprint density at radius 1 is 1.21 bits per heavy atom. The van der Waals surface area contributed by atoms with E-state index in [9.17, 15) is 0 Å². The van der Waals surface area contributed by atoms with Crippen molar-refractivity contribution < 1.29 is 0 Å². The molecule has 2 atom stereocenters. The normalized spacial score (nSPS) is 14.1. The number of pyridine rings is 1. The standard InChI is InChI=1S/C15H16BrClN2/c1-10(11-5-7-19-8-6-11)15(18-2)13-4-3-12(16)9-14(13)17/h3-10,15,18H,1-2H3. The van der Waals surface area contributed by atoms with Crippen LogP contribution < -0.4 is 5.32 Å². The molecule has 2 aromatic rings. The first-order chi connectivity index (χ1) is 9.13. The fraction of sp³-hybridized carbons (Fsp3) is 0.267. The van der Waals surface area contributed by atoms with Gasteiger partial charge in [0.25, 0.3) is 0 Å². The van der Waals surface area contributed by atoms with Gasteiger partial charge in [0.2, 0.25) is 0 Å². The molecule has 0 aliphatic heterocycles. The molecule has 19 heavy (non-hydrogen) atoms. The van der Waals surface area contributed by atoms with E-state index in [1.807, 2.05) is 43.7 Å². The van der Waals surface area contributed by atoms with Crippen LogP contribution in [0.3, 0.4) is 0 Å². The number of rotatable bonds is 4. The van der Waals surface area contributed by atoms with Gasteiger partial charge in [-0.3, -0.25) is 4.98 Å². The smallest absolute Gasteiger partial charge is 0.0465 e. The molecule has 0 amide bonds. The van der Waals surface area contributed by atoms with E-state index in [0.29, 0.717) is 5.92 Å². The Morgan fingerprint density at radius 3 is 2.47 bits per heavy atom. The molecule has 0 saturated carbocycles. The first-order valence-electron chi connectivity index (χ1n) is 6.15. The molecule has 2 rings (SSSR count). The van der Waals surface area contributed by atoms with Gasteiger partial charge in [-0.05, 0) is 42.4 Å². The number of aromatic nitrogens is 1. The molecular formula is C15H16BrClN2. The summed E-state index contributed by atoms with van der Waals surface area (Å²) in [7, 11) is 1.96. The molecule has 1 N–H and O–H groups in total. The summed E-state index contributed by atoms with van der Waals surface area (Å²) in [6.07, 6.45) is 3.64. The molecule has 0 radical (unpaired) electrons. The summed E-state index contributed by atoms with van der Waals surface area (Å²) in [5.74, 6) is 0.312. The van der Waals surface area contributed by atoms with Gasteiger partial charge in [-0.25, -0.2) is 0 Å². The van der Waals surface area contributed by atoms with Crippen LogP contribution in [0.25, 0.3) is 0 Å². The van der Waals surface area contributed by atoms with E-state index < -0.39 is 0 Å². The van der Waals surface area contributed by atoms with Crippen LogP contribution in [0.5, 0.6) is 0 Å². The minimum absolute atomic E-state index is 0.169. The molecule has 1 heterocycles. The van der Waals surface area contributed by atoms with Gasteiger partial charge < -0.3 is 5.32 Å². The van der Waals surface area contributed by atoms with Crippen molar-refractivity contribution in [2.45, 2.75) is 18.9 Å². The van der Waals surface area contributed by atoms with Crippen LogP contribution in [-0.2, 0) is 0 Å². The number of likely N-dealkylation sites (N-methyl/N-ethyl adjacent to an activating group) is 1. The molecule has 0 fully saturated rings. The van der Waals surface area contributed by atoms with Crippen molar-refractivity contribution in [2.24, 2.45) is 0 Å².